The number of urea groups is 1. The highest BCUT2D eigenvalue weighted by atomic mass is 32.2. The van der Waals surface area contributed by atoms with Crippen LogP contribution in [0.3, 0.4) is 0 Å². The molecule has 2 atom stereocenters. The van der Waals surface area contributed by atoms with Crippen molar-refractivity contribution in [3.8, 4) is 0 Å². The maximum absolute atomic E-state index is 12.8. The molecule has 2 N–H and O–H groups in total. The van der Waals surface area contributed by atoms with E-state index >= 15 is 0 Å². The Balaban J connectivity index is 1.97. The number of nitrogens with one attached hydrogen (secondary N) is 1. The van der Waals surface area contributed by atoms with E-state index in [9.17, 15) is 14.4 Å². The standard InChI is InChI=1S/C20H29N3O4S/c1-3-18-12-23(10-9-22(18)13-19(25)26)20(27)21-17(14-28-15(2)24)11-16-7-5-4-6-8-16/h4-8,17-18H,3,9-14H2,1-2H3,(H,21,27)(H,25,26). The first-order valence-electron chi connectivity index (χ1n) is 9.57. The number of nitrogens with zero attached hydrogens (tertiary/aromatic N) is 2. The SMILES string of the molecule is CCC1CN(C(=O)NC(CSC(C)=O)Cc2ccccc2)CCN1CC(=O)O. The maximum atomic E-state index is 12.8. The van der Waals surface area contributed by atoms with Gasteiger partial charge in [0, 0.05) is 44.4 Å². The lowest BCUT2D eigenvalue weighted by Crippen LogP contribution is -2.58. The fraction of sp³-hybridized carbons (Fsp3) is 0.550. The molecular formula is C20H29N3O4S. The van der Waals surface area contributed by atoms with Gasteiger partial charge in [0.15, 0.2) is 5.12 Å². The summed E-state index contributed by atoms with van der Waals surface area (Å²) in [6, 6.07) is 9.61. The Morgan fingerprint density at radius 2 is 1.96 bits per heavy atom. The molecule has 1 aromatic rings. The summed E-state index contributed by atoms with van der Waals surface area (Å²) in [4.78, 5) is 38.9. The fourth-order valence-electron chi connectivity index (χ4n) is 3.38. The molecule has 1 aliphatic heterocycles. The third-order valence-corrected chi connectivity index (χ3v) is 5.82. The normalized spacial score (nSPS) is 18.5. The molecule has 2 amide bonds. The highest BCUT2D eigenvalue weighted by Crippen LogP contribution is 2.14. The number of carboxylic acids is 1. The molecule has 1 heterocycles. The van der Waals surface area contributed by atoms with Gasteiger partial charge in [-0.2, -0.15) is 0 Å². The van der Waals surface area contributed by atoms with Crippen molar-refractivity contribution in [3.05, 3.63) is 35.9 Å². The second-order valence-electron chi connectivity index (χ2n) is 7.01. The van der Waals surface area contributed by atoms with Gasteiger partial charge in [0.25, 0.3) is 0 Å². The summed E-state index contributed by atoms with van der Waals surface area (Å²) in [6.45, 7) is 5.08. The predicted octanol–water partition coefficient (Wildman–Crippen LogP) is 2.07. The summed E-state index contributed by atoms with van der Waals surface area (Å²) in [5.41, 5.74) is 1.11. The van der Waals surface area contributed by atoms with Crippen LogP contribution in [0.25, 0.3) is 0 Å². The van der Waals surface area contributed by atoms with Crippen LogP contribution in [0.1, 0.15) is 25.8 Å². The molecule has 2 unspecified atom stereocenters. The van der Waals surface area contributed by atoms with Gasteiger partial charge >= 0.3 is 12.0 Å². The Morgan fingerprint density at radius 1 is 1.25 bits per heavy atom. The van der Waals surface area contributed by atoms with Crippen molar-refractivity contribution in [3.63, 3.8) is 0 Å². The molecule has 8 heteroatoms. The van der Waals surface area contributed by atoms with E-state index in [1.54, 1.807) is 4.90 Å². The summed E-state index contributed by atoms with van der Waals surface area (Å²) >= 11 is 1.21. The van der Waals surface area contributed by atoms with E-state index in [-0.39, 0.29) is 29.8 Å². The largest absolute Gasteiger partial charge is 0.480 e. The number of thioether (sulfide) groups is 1. The predicted molar refractivity (Wildman–Crippen MR) is 110 cm³/mol. The molecule has 154 valence electrons. The lowest BCUT2D eigenvalue weighted by Gasteiger charge is -2.40. The van der Waals surface area contributed by atoms with Crippen molar-refractivity contribution in [2.45, 2.75) is 38.8 Å². The zero-order chi connectivity index (χ0) is 20.5. The highest BCUT2D eigenvalue weighted by Gasteiger charge is 2.30. The van der Waals surface area contributed by atoms with Crippen molar-refractivity contribution in [1.29, 1.82) is 0 Å². The molecular weight excluding hydrogens is 378 g/mol. The summed E-state index contributed by atoms with van der Waals surface area (Å²) in [5.74, 6) is -0.327. The van der Waals surface area contributed by atoms with Gasteiger partial charge in [0.1, 0.15) is 0 Å². The van der Waals surface area contributed by atoms with Crippen LogP contribution in [-0.4, -0.2) is 76.0 Å². The molecule has 0 aliphatic carbocycles. The van der Waals surface area contributed by atoms with E-state index in [2.05, 4.69) is 5.32 Å². The monoisotopic (exact) mass is 407 g/mol. The molecule has 1 saturated heterocycles. The second kappa shape index (κ2) is 11.1. The Kier molecular flexibility index (Phi) is 8.79. The van der Waals surface area contributed by atoms with E-state index in [0.717, 1.165) is 12.0 Å². The third-order valence-electron chi connectivity index (χ3n) is 4.84. The van der Waals surface area contributed by atoms with Crippen molar-refractivity contribution in [2.24, 2.45) is 0 Å². The van der Waals surface area contributed by atoms with Crippen LogP contribution in [0.15, 0.2) is 30.3 Å². The second-order valence-corrected chi connectivity index (χ2v) is 8.21. The minimum absolute atomic E-state index is 0.000149. The van der Waals surface area contributed by atoms with Crippen LogP contribution < -0.4 is 5.32 Å². The number of hydrogen-bond donors (Lipinski definition) is 2. The number of rotatable bonds is 8. The molecule has 0 spiro atoms. The van der Waals surface area contributed by atoms with Gasteiger partial charge in [-0.15, -0.1) is 0 Å². The summed E-state index contributed by atoms with van der Waals surface area (Å²) < 4.78 is 0. The zero-order valence-electron chi connectivity index (χ0n) is 16.5. The van der Waals surface area contributed by atoms with Crippen LogP contribution in [0, 0.1) is 0 Å². The minimum Gasteiger partial charge on any atom is -0.480 e. The summed E-state index contributed by atoms with van der Waals surface area (Å²) in [6.07, 6.45) is 1.44. The van der Waals surface area contributed by atoms with E-state index in [4.69, 9.17) is 5.11 Å². The van der Waals surface area contributed by atoms with Crippen LogP contribution in [0.2, 0.25) is 0 Å². The molecule has 1 aliphatic rings. The van der Waals surface area contributed by atoms with E-state index < -0.39 is 5.97 Å². The van der Waals surface area contributed by atoms with E-state index in [1.165, 1.54) is 18.7 Å². The number of aliphatic carboxylic acids is 1. The first kappa shape index (κ1) is 22.2. The molecule has 0 radical (unpaired) electrons. The van der Waals surface area contributed by atoms with Crippen molar-refractivity contribution < 1.29 is 19.5 Å². The minimum atomic E-state index is -0.847. The summed E-state index contributed by atoms with van der Waals surface area (Å²) in [5, 5.41) is 12.2. The van der Waals surface area contributed by atoms with Crippen LogP contribution in [0.4, 0.5) is 4.79 Å². The molecule has 28 heavy (non-hydrogen) atoms. The molecule has 0 saturated carbocycles. The third kappa shape index (κ3) is 7.16. The maximum Gasteiger partial charge on any atom is 0.317 e. The quantitative estimate of drug-likeness (QED) is 0.686. The van der Waals surface area contributed by atoms with Crippen LogP contribution in [0.5, 0.6) is 0 Å². The van der Waals surface area contributed by atoms with Crippen molar-refractivity contribution in [2.75, 3.05) is 31.9 Å². The summed E-state index contributed by atoms with van der Waals surface area (Å²) in [7, 11) is 0. The van der Waals surface area contributed by atoms with Crippen LogP contribution in [-0.2, 0) is 16.0 Å². The first-order valence-corrected chi connectivity index (χ1v) is 10.6. The number of carbonyl (C=O) groups is 3. The lowest BCUT2D eigenvalue weighted by molar-refractivity contribution is -0.139. The number of piperazine rings is 1. The Bertz CT molecular complexity index is 671. The van der Waals surface area contributed by atoms with Gasteiger partial charge in [-0.05, 0) is 18.4 Å². The lowest BCUT2D eigenvalue weighted by atomic mass is 10.1. The number of benzene rings is 1. The molecule has 7 nitrogen and oxygen atoms in total. The van der Waals surface area contributed by atoms with Gasteiger partial charge in [-0.1, -0.05) is 49.0 Å². The van der Waals surface area contributed by atoms with E-state index in [0.29, 0.717) is 31.8 Å². The van der Waals surface area contributed by atoms with Gasteiger partial charge in [0.2, 0.25) is 0 Å². The Labute approximate surface area is 170 Å². The average molecular weight is 408 g/mol. The fourth-order valence-corrected chi connectivity index (χ4v) is 4.02. The van der Waals surface area contributed by atoms with Gasteiger partial charge < -0.3 is 15.3 Å². The topological polar surface area (TPSA) is 90.0 Å². The Hall–Kier alpha value is -2.06. The molecule has 1 aromatic carbocycles. The van der Waals surface area contributed by atoms with Crippen molar-refractivity contribution in [1.82, 2.24) is 15.1 Å². The first-order chi connectivity index (χ1) is 13.4. The number of hydrogen-bond acceptors (Lipinski definition) is 5. The van der Waals surface area contributed by atoms with Gasteiger partial charge in [-0.25, -0.2) is 4.79 Å². The van der Waals surface area contributed by atoms with Crippen molar-refractivity contribution >= 4 is 28.9 Å². The molecule has 1 fully saturated rings. The smallest absolute Gasteiger partial charge is 0.317 e. The van der Waals surface area contributed by atoms with Crippen LogP contribution >= 0.6 is 11.8 Å². The molecule has 0 bridgehead atoms. The zero-order valence-corrected chi connectivity index (χ0v) is 17.3. The molecule has 2 rings (SSSR count). The van der Waals surface area contributed by atoms with Gasteiger partial charge in [0.05, 0.1) is 6.54 Å². The number of amides is 2. The number of carboxylic acid groups (broad SMARTS) is 1. The number of carbonyl (C=O) groups excluding carboxylic acids is 2. The average Bonchev–Trinajstić information content (AvgIpc) is 2.66. The molecule has 0 aromatic heterocycles. The Morgan fingerprint density at radius 3 is 2.57 bits per heavy atom. The van der Waals surface area contributed by atoms with E-state index in [1.807, 2.05) is 42.2 Å². The van der Waals surface area contributed by atoms with Gasteiger partial charge in [-0.3, -0.25) is 14.5 Å². The highest BCUT2D eigenvalue weighted by molar-refractivity contribution is 8.13.